The van der Waals surface area contributed by atoms with Crippen LogP contribution in [0.25, 0.3) is 11.1 Å². The number of thioether (sulfide) groups is 1. The zero-order chi connectivity index (χ0) is 17.2. The van der Waals surface area contributed by atoms with Crippen LogP contribution in [0, 0.1) is 0 Å². The largest absolute Gasteiger partial charge is 0.431 e. The van der Waals surface area contributed by atoms with Crippen molar-refractivity contribution in [2.75, 3.05) is 11.1 Å². The molecule has 0 bridgehead atoms. The maximum Gasteiger partial charge on any atom is 0.257 e. The number of hydrogen-bond acceptors (Lipinski definition) is 4. The maximum atomic E-state index is 12.3. The van der Waals surface area contributed by atoms with E-state index in [1.165, 1.54) is 11.8 Å². The Kier molecular flexibility index (Phi) is 4.62. The molecule has 0 aliphatic rings. The number of carbonyl (C=O) groups is 1. The molecule has 0 saturated heterocycles. The molecule has 124 valence electrons. The number of fused-ring (bicyclic) bond motifs is 1. The number of hydrogen-bond donors (Lipinski definition) is 1. The summed E-state index contributed by atoms with van der Waals surface area (Å²) in [5.74, 6) is 0.185. The highest BCUT2D eigenvalue weighted by atomic mass is 32.2. The smallest absolute Gasteiger partial charge is 0.257 e. The molecule has 0 aliphatic heterocycles. The van der Waals surface area contributed by atoms with Crippen LogP contribution in [-0.4, -0.2) is 16.6 Å². The van der Waals surface area contributed by atoms with Crippen LogP contribution in [-0.2, 0) is 10.2 Å². The average Bonchev–Trinajstić information content (AvgIpc) is 2.95. The molecule has 3 aromatic rings. The Morgan fingerprint density at radius 1 is 1.12 bits per heavy atom. The van der Waals surface area contributed by atoms with Gasteiger partial charge in [-0.15, -0.1) is 0 Å². The third kappa shape index (κ3) is 3.79. The van der Waals surface area contributed by atoms with E-state index in [1.807, 2.05) is 48.5 Å². The Bertz CT molecular complexity index is 832. The summed E-state index contributed by atoms with van der Waals surface area (Å²) in [6.45, 7) is 6.39. The minimum atomic E-state index is -0.0704. The van der Waals surface area contributed by atoms with Gasteiger partial charge in [-0.2, -0.15) is 0 Å². The van der Waals surface area contributed by atoms with Crippen molar-refractivity contribution in [2.45, 2.75) is 31.4 Å². The van der Waals surface area contributed by atoms with Crippen LogP contribution >= 0.6 is 11.8 Å². The van der Waals surface area contributed by atoms with Gasteiger partial charge >= 0.3 is 0 Å². The molecule has 0 radical (unpaired) electrons. The zero-order valence-electron chi connectivity index (χ0n) is 14.0. The van der Waals surface area contributed by atoms with Crippen LogP contribution in [0.1, 0.15) is 26.3 Å². The van der Waals surface area contributed by atoms with E-state index in [9.17, 15) is 4.79 Å². The number of aromatic nitrogens is 1. The summed E-state index contributed by atoms with van der Waals surface area (Å²) in [4.78, 5) is 16.6. The Balaban J connectivity index is 1.66. The Hall–Kier alpha value is -2.27. The molecule has 1 N–H and O–H groups in total. The normalized spacial score (nSPS) is 11.6. The Morgan fingerprint density at radius 3 is 2.58 bits per heavy atom. The third-order valence-corrected chi connectivity index (χ3v) is 4.44. The van der Waals surface area contributed by atoms with Crippen molar-refractivity contribution < 1.29 is 9.21 Å². The van der Waals surface area contributed by atoms with E-state index >= 15 is 0 Å². The van der Waals surface area contributed by atoms with Crippen molar-refractivity contribution in [3.8, 4) is 0 Å². The molecule has 1 aromatic heterocycles. The van der Waals surface area contributed by atoms with E-state index in [0.29, 0.717) is 5.22 Å². The minimum Gasteiger partial charge on any atom is -0.431 e. The fourth-order valence-electron chi connectivity index (χ4n) is 2.47. The number of amides is 1. The van der Waals surface area contributed by atoms with Crippen molar-refractivity contribution in [1.82, 2.24) is 4.98 Å². The highest BCUT2D eigenvalue weighted by Gasteiger charge is 2.18. The highest BCUT2D eigenvalue weighted by Crippen LogP contribution is 2.29. The van der Waals surface area contributed by atoms with Gasteiger partial charge in [-0.3, -0.25) is 4.79 Å². The molecule has 1 heterocycles. The van der Waals surface area contributed by atoms with Gasteiger partial charge in [-0.1, -0.05) is 62.9 Å². The van der Waals surface area contributed by atoms with Crippen molar-refractivity contribution in [3.63, 3.8) is 0 Å². The first-order chi connectivity index (χ1) is 11.4. The second-order valence-corrected chi connectivity index (χ2v) is 7.51. The summed E-state index contributed by atoms with van der Waals surface area (Å²) in [6, 6.07) is 15.5. The lowest BCUT2D eigenvalue weighted by Crippen LogP contribution is -2.19. The van der Waals surface area contributed by atoms with Gasteiger partial charge in [-0.05, 0) is 29.2 Å². The van der Waals surface area contributed by atoms with Crippen LogP contribution in [0.15, 0.2) is 58.2 Å². The number of carbonyl (C=O) groups excluding carboxylic acids is 1. The molecule has 2 aromatic carbocycles. The van der Waals surface area contributed by atoms with Crippen LogP contribution in [0.4, 0.5) is 5.69 Å². The van der Waals surface area contributed by atoms with E-state index < -0.39 is 0 Å². The average molecular weight is 340 g/mol. The minimum absolute atomic E-state index is 0.0304. The molecule has 0 fully saturated rings. The van der Waals surface area contributed by atoms with Crippen LogP contribution in [0.2, 0.25) is 0 Å². The highest BCUT2D eigenvalue weighted by molar-refractivity contribution is 7.99. The molecule has 1 amide bonds. The number of para-hydroxylation sites is 3. The fourth-order valence-corrected chi connectivity index (χ4v) is 3.11. The summed E-state index contributed by atoms with van der Waals surface area (Å²) in [6.07, 6.45) is 0. The van der Waals surface area contributed by atoms with E-state index in [4.69, 9.17) is 4.42 Å². The van der Waals surface area contributed by atoms with Crippen molar-refractivity contribution in [1.29, 1.82) is 0 Å². The molecule has 4 nitrogen and oxygen atoms in total. The molecule has 0 saturated carbocycles. The van der Waals surface area contributed by atoms with E-state index in [-0.39, 0.29) is 17.1 Å². The molecular formula is C19H20N2O2S. The number of rotatable bonds is 4. The summed E-state index contributed by atoms with van der Waals surface area (Å²) in [5.41, 5.74) is 3.48. The molecule has 0 aliphatic carbocycles. The second-order valence-electron chi connectivity index (χ2n) is 6.58. The SMILES string of the molecule is CC(C)(C)c1ccccc1NC(=O)CSc1nc2ccccc2o1. The van der Waals surface area contributed by atoms with Gasteiger partial charge in [0.15, 0.2) is 5.58 Å². The third-order valence-electron chi connectivity index (χ3n) is 3.61. The Morgan fingerprint density at radius 2 is 1.83 bits per heavy atom. The quantitative estimate of drug-likeness (QED) is 0.689. The number of nitrogens with zero attached hydrogens (tertiary/aromatic N) is 1. The van der Waals surface area contributed by atoms with Gasteiger partial charge in [-0.25, -0.2) is 4.98 Å². The first-order valence-corrected chi connectivity index (χ1v) is 8.80. The van der Waals surface area contributed by atoms with Crippen molar-refractivity contribution in [2.24, 2.45) is 0 Å². The number of oxazole rings is 1. The topological polar surface area (TPSA) is 55.1 Å². The van der Waals surface area contributed by atoms with Crippen LogP contribution in [0.5, 0.6) is 0 Å². The van der Waals surface area contributed by atoms with Crippen LogP contribution in [0.3, 0.4) is 0 Å². The van der Waals surface area contributed by atoms with E-state index in [1.54, 1.807) is 0 Å². The summed E-state index contributed by atoms with van der Waals surface area (Å²) in [5, 5.41) is 3.50. The standard InChI is InChI=1S/C19H20N2O2S/c1-19(2,3)13-8-4-5-9-14(13)20-17(22)12-24-18-21-15-10-6-7-11-16(15)23-18/h4-11H,12H2,1-3H3,(H,20,22). The molecule has 5 heteroatoms. The van der Waals surface area contributed by atoms with Gasteiger partial charge in [0.25, 0.3) is 5.22 Å². The van der Waals surface area contributed by atoms with Gasteiger partial charge in [0.05, 0.1) is 5.75 Å². The number of nitrogens with one attached hydrogen (secondary N) is 1. The van der Waals surface area contributed by atoms with E-state index in [0.717, 1.165) is 22.4 Å². The molecule has 0 unspecified atom stereocenters. The molecule has 3 rings (SSSR count). The monoisotopic (exact) mass is 340 g/mol. The lowest BCUT2D eigenvalue weighted by atomic mass is 9.86. The molecule has 0 spiro atoms. The maximum absolute atomic E-state index is 12.3. The molecule has 0 atom stereocenters. The summed E-state index contributed by atoms with van der Waals surface area (Å²) >= 11 is 1.30. The van der Waals surface area contributed by atoms with Crippen molar-refractivity contribution >= 4 is 34.5 Å². The van der Waals surface area contributed by atoms with Gasteiger partial charge in [0, 0.05) is 5.69 Å². The first-order valence-electron chi connectivity index (χ1n) is 7.81. The second kappa shape index (κ2) is 6.69. The first kappa shape index (κ1) is 16.6. The lowest BCUT2D eigenvalue weighted by molar-refractivity contribution is -0.113. The Labute approximate surface area is 145 Å². The van der Waals surface area contributed by atoms with Gasteiger partial charge < -0.3 is 9.73 Å². The zero-order valence-corrected chi connectivity index (χ0v) is 14.8. The van der Waals surface area contributed by atoms with Crippen molar-refractivity contribution in [3.05, 3.63) is 54.1 Å². The number of anilines is 1. The van der Waals surface area contributed by atoms with E-state index in [2.05, 4.69) is 31.1 Å². The fraction of sp³-hybridized carbons (Fsp3) is 0.263. The molecule has 24 heavy (non-hydrogen) atoms. The van der Waals surface area contributed by atoms with Crippen LogP contribution < -0.4 is 5.32 Å². The predicted molar refractivity (Wildman–Crippen MR) is 98.5 cm³/mol. The molecular weight excluding hydrogens is 320 g/mol. The van der Waals surface area contributed by atoms with Gasteiger partial charge in [0.1, 0.15) is 5.52 Å². The summed E-state index contributed by atoms with van der Waals surface area (Å²) < 4.78 is 5.62. The van der Waals surface area contributed by atoms with Gasteiger partial charge in [0.2, 0.25) is 5.91 Å². The summed E-state index contributed by atoms with van der Waals surface area (Å²) in [7, 11) is 0. The predicted octanol–water partition coefficient (Wildman–Crippen LogP) is 4.86. The number of benzene rings is 2. The lowest BCUT2D eigenvalue weighted by Gasteiger charge is -2.22.